The molecule has 2 aromatic rings. The summed E-state index contributed by atoms with van der Waals surface area (Å²) in [6.07, 6.45) is 1.44. The zero-order chi connectivity index (χ0) is 9.26. The number of rotatable bonds is 1. The van der Waals surface area contributed by atoms with Crippen LogP contribution in [0.1, 0.15) is 0 Å². The molecule has 0 aliphatic rings. The minimum absolute atomic E-state index is 0.384. The van der Waals surface area contributed by atoms with Crippen molar-refractivity contribution in [3.8, 4) is 11.5 Å². The van der Waals surface area contributed by atoms with Crippen molar-refractivity contribution in [2.24, 2.45) is 0 Å². The smallest absolute Gasteiger partial charge is 0.345 e. The Kier molecular flexibility index (Phi) is 2.02. The molecule has 4 nitrogen and oxygen atoms in total. The van der Waals surface area contributed by atoms with Gasteiger partial charge in [-0.25, -0.2) is 9.78 Å². The van der Waals surface area contributed by atoms with Gasteiger partial charge in [0, 0.05) is 6.20 Å². The lowest BCUT2D eigenvalue weighted by Gasteiger charge is -1.93. The SMILES string of the molecule is O=c1nccc(-c2ccc(Br)o2)[nH]1. The minimum Gasteiger partial charge on any atom is -0.448 e. The molecular weight excluding hydrogens is 236 g/mol. The van der Waals surface area contributed by atoms with E-state index in [2.05, 4.69) is 25.9 Å². The molecule has 2 aromatic heterocycles. The van der Waals surface area contributed by atoms with Crippen LogP contribution in [0, 0.1) is 0 Å². The van der Waals surface area contributed by atoms with E-state index in [4.69, 9.17) is 4.42 Å². The van der Waals surface area contributed by atoms with Crippen molar-refractivity contribution in [2.75, 3.05) is 0 Å². The summed E-state index contributed by atoms with van der Waals surface area (Å²) in [6, 6.07) is 5.19. The fourth-order valence-corrected chi connectivity index (χ4v) is 1.28. The number of nitrogens with one attached hydrogen (secondary N) is 1. The summed E-state index contributed by atoms with van der Waals surface area (Å²) in [5, 5.41) is 0. The lowest BCUT2D eigenvalue weighted by atomic mass is 10.3. The third-order valence-corrected chi connectivity index (χ3v) is 1.94. The molecule has 66 valence electrons. The highest BCUT2D eigenvalue weighted by Crippen LogP contribution is 2.21. The van der Waals surface area contributed by atoms with Crippen molar-refractivity contribution >= 4 is 15.9 Å². The highest BCUT2D eigenvalue weighted by molar-refractivity contribution is 9.10. The van der Waals surface area contributed by atoms with Gasteiger partial charge in [-0.1, -0.05) is 0 Å². The molecule has 2 heterocycles. The second-order valence-electron chi connectivity index (χ2n) is 2.39. The zero-order valence-electron chi connectivity index (χ0n) is 6.45. The average Bonchev–Trinajstić information content (AvgIpc) is 2.52. The quantitative estimate of drug-likeness (QED) is 0.827. The number of H-pyrrole nitrogens is 1. The average molecular weight is 241 g/mol. The van der Waals surface area contributed by atoms with E-state index in [1.165, 1.54) is 6.20 Å². The van der Waals surface area contributed by atoms with Crippen LogP contribution in [0.2, 0.25) is 0 Å². The van der Waals surface area contributed by atoms with Crippen LogP contribution in [-0.4, -0.2) is 9.97 Å². The van der Waals surface area contributed by atoms with Crippen LogP contribution < -0.4 is 5.69 Å². The summed E-state index contributed by atoms with van der Waals surface area (Å²) in [5.74, 6) is 0.603. The molecule has 0 spiro atoms. The zero-order valence-corrected chi connectivity index (χ0v) is 8.04. The van der Waals surface area contributed by atoms with Crippen LogP contribution in [0.15, 0.2) is 38.3 Å². The molecule has 0 saturated heterocycles. The maximum Gasteiger partial charge on any atom is 0.345 e. The monoisotopic (exact) mass is 240 g/mol. The predicted molar refractivity (Wildman–Crippen MR) is 50.3 cm³/mol. The first-order valence-electron chi connectivity index (χ1n) is 3.57. The Bertz CT molecular complexity index is 475. The van der Waals surface area contributed by atoms with Crippen LogP contribution in [0.4, 0.5) is 0 Å². The number of halogens is 1. The maximum absolute atomic E-state index is 10.9. The molecule has 13 heavy (non-hydrogen) atoms. The molecule has 0 unspecified atom stereocenters. The number of furan rings is 1. The highest BCUT2D eigenvalue weighted by atomic mass is 79.9. The van der Waals surface area contributed by atoms with Gasteiger partial charge in [0.15, 0.2) is 10.4 Å². The van der Waals surface area contributed by atoms with Gasteiger partial charge < -0.3 is 9.40 Å². The summed E-state index contributed by atoms with van der Waals surface area (Å²) < 4.78 is 5.87. The molecule has 0 saturated carbocycles. The molecule has 1 N–H and O–H groups in total. The minimum atomic E-state index is -0.384. The van der Waals surface area contributed by atoms with Crippen LogP contribution in [0.5, 0.6) is 0 Å². The van der Waals surface area contributed by atoms with Crippen LogP contribution in [0.3, 0.4) is 0 Å². The van der Waals surface area contributed by atoms with Crippen LogP contribution in [0.25, 0.3) is 11.5 Å². The standard InChI is InChI=1S/C8H5BrN2O2/c9-7-2-1-6(13-7)5-3-4-10-8(12)11-5/h1-4H,(H,10,11,12). The van der Waals surface area contributed by atoms with E-state index in [1.54, 1.807) is 18.2 Å². The first-order valence-corrected chi connectivity index (χ1v) is 4.36. The van der Waals surface area contributed by atoms with Gasteiger partial charge in [-0.3, -0.25) is 0 Å². The topological polar surface area (TPSA) is 58.9 Å². The molecule has 0 radical (unpaired) electrons. The van der Waals surface area contributed by atoms with E-state index in [-0.39, 0.29) is 5.69 Å². The van der Waals surface area contributed by atoms with E-state index >= 15 is 0 Å². The summed E-state index contributed by atoms with van der Waals surface area (Å²) in [5.41, 5.74) is 0.232. The van der Waals surface area contributed by atoms with Crippen molar-refractivity contribution in [3.05, 3.63) is 39.5 Å². The summed E-state index contributed by atoms with van der Waals surface area (Å²) in [4.78, 5) is 16.9. The summed E-state index contributed by atoms with van der Waals surface area (Å²) >= 11 is 3.17. The van der Waals surface area contributed by atoms with Crippen LogP contribution >= 0.6 is 15.9 Å². The Labute approximate surface area is 81.8 Å². The van der Waals surface area contributed by atoms with Crippen molar-refractivity contribution in [2.45, 2.75) is 0 Å². The molecule has 0 aliphatic carbocycles. The van der Waals surface area contributed by atoms with Crippen molar-refractivity contribution < 1.29 is 4.42 Å². The van der Waals surface area contributed by atoms with E-state index in [1.807, 2.05) is 0 Å². The largest absolute Gasteiger partial charge is 0.448 e. The fraction of sp³-hybridized carbons (Fsp3) is 0. The number of hydrogen-bond acceptors (Lipinski definition) is 3. The normalized spacial score (nSPS) is 10.2. The van der Waals surface area contributed by atoms with Gasteiger partial charge in [-0.05, 0) is 34.1 Å². The fourth-order valence-electron chi connectivity index (χ4n) is 0.971. The Morgan fingerprint density at radius 3 is 2.85 bits per heavy atom. The lowest BCUT2D eigenvalue weighted by Crippen LogP contribution is -2.08. The molecule has 0 atom stereocenters. The van der Waals surface area contributed by atoms with Gasteiger partial charge >= 0.3 is 5.69 Å². The van der Waals surface area contributed by atoms with Crippen molar-refractivity contribution in [1.29, 1.82) is 0 Å². The molecule has 5 heteroatoms. The highest BCUT2D eigenvalue weighted by Gasteiger charge is 2.02. The van der Waals surface area contributed by atoms with Gasteiger partial charge in [0.05, 0.1) is 5.69 Å². The molecular formula is C8H5BrN2O2. The third kappa shape index (κ3) is 1.70. The molecule has 0 bridgehead atoms. The Balaban J connectivity index is 2.52. The Morgan fingerprint density at radius 1 is 1.38 bits per heavy atom. The molecule has 0 aromatic carbocycles. The summed E-state index contributed by atoms with van der Waals surface area (Å²) in [6.45, 7) is 0. The van der Waals surface area contributed by atoms with E-state index < -0.39 is 0 Å². The van der Waals surface area contributed by atoms with Gasteiger partial charge in [0.2, 0.25) is 0 Å². The number of hydrogen-bond donors (Lipinski definition) is 1. The van der Waals surface area contributed by atoms with Crippen molar-refractivity contribution in [1.82, 2.24) is 9.97 Å². The lowest BCUT2D eigenvalue weighted by molar-refractivity contribution is 0.553. The predicted octanol–water partition coefficient (Wildman–Crippen LogP) is 1.79. The van der Waals surface area contributed by atoms with Gasteiger partial charge in [0.1, 0.15) is 0 Å². The molecule has 0 aliphatic heterocycles. The Morgan fingerprint density at radius 2 is 2.23 bits per heavy atom. The molecule has 0 amide bonds. The second kappa shape index (κ2) is 3.18. The van der Waals surface area contributed by atoms with E-state index in [9.17, 15) is 4.79 Å². The van der Waals surface area contributed by atoms with E-state index in [0.29, 0.717) is 16.1 Å². The van der Waals surface area contributed by atoms with Gasteiger partial charge in [-0.15, -0.1) is 0 Å². The van der Waals surface area contributed by atoms with Gasteiger partial charge in [-0.2, -0.15) is 0 Å². The second-order valence-corrected chi connectivity index (χ2v) is 3.17. The molecule has 2 rings (SSSR count). The first kappa shape index (κ1) is 8.25. The number of aromatic nitrogens is 2. The number of nitrogens with zero attached hydrogens (tertiary/aromatic N) is 1. The number of aromatic amines is 1. The maximum atomic E-state index is 10.9. The van der Waals surface area contributed by atoms with Gasteiger partial charge in [0.25, 0.3) is 0 Å². The van der Waals surface area contributed by atoms with Crippen LogP contribution in [-0.2, 0) is 0 Å². The van der Waals surface area contributed by atoms with Crippen molar-refractivity contribution in [3.63, 3.8) is 0 Å². The third-order valence-electron chi connectivity index (χ3n) is 1.51. The first-order chi connectivity index (χ1) is 6.25. The summed E-state index contributed by atoms with van der Waals surface area (Å²) in [7, 11) is 0. The van der Waals surface area contributed by atoms with E-state index in [0.717, 1.165) is 0 Å². The molecule has 0 fully saturated rings. The Hall–Kier alpha value is -1.36.